The zero-order valence-corrected chi connectivity index (χ0v) is 20.0. The first kappa shape index (κ1) is 23.7. The number of nitrogens with zero attached hydrogens (tertiary/aromatic N) is 4. The fourth-order valence-electron chi connectivity index (χ4n) is 4.83. The Labute approximate surface area is 213 Å². The van der Waals surface area contributed by atoms with Crippen molar-refractivity contribution in [3.05, 3.63) is 117 Å². The summed E-state index contributed by atoms with van der Waals surface area (Å²) < 4.78 is 0. The minimum absolute atomic E-state index is 0.0567. The SMILES string of the molecule is O=C1C(Cl)=C(N2CCN(C(c3ccccc3)c3ccccc3)CC2)C(=O)N1c1cccc([N+](=O)[O-])c1. The molecular formula is C27H23ClN4O4. The van der Waals surface area contributed by atoms with Gasteiger partial charge >= 0.3 is 0 Å². The molecule has 36 heavy (non-hydrogen) atoms. The second-order valence-corrected chi connectivity index (χ2v) is 9.01. The molecule has 2 heterocycles. The number of carbonyl (C=O) groups excluding carboxylic acids is 2. The van der Waals surface area contributed by atoms with Crippen LogP contribution in [0.1, 0.15) is 17.2 Å². The van der Waals surface area contributed by atoms with E-state index in [-0.39, 0.29) is 28.1 Å². The smallest absolute Gasteiger partial charge is 0.283 e. The molecule has 0 saturated carbocycles. The number of imide groups is 1. The molecule has 2 aliphatic heterocycles. The number of non-ortho nitro benzene ring substituents is 1. The molecule has 5 rings (SSSR count). The summed E-state index contributed by atoms with van der Waals surface area (Å²) in [5.74, 6) is -1.24. The summed E-state index contributed by atoms with van der Waals surface area (Å²) in [4.78, 5) is 41.9. The maximum absolute atomic E-state index is 13.3. The van der Waals surface area contributed by atoms with E-state index < -0.39 is 16.7 Å². The number of hydrogen-bond acceptors (Lipinski definition) is 6. The molecule has 0 aromatic heterocycles. The van der Waals surface area contributed by atoms with Gasteiger partial charge in [-0.15, -0.1) is 0 Å². The first-order valence-electron chi connectivity index (χ1n) is 11.6. The van der Waals surface area contributed by atoms with Crippen molar-refractivity contribution >= 4 is 34.8 Å². The zero-order chi connectivity index (χ0) is 25.2. The first-order valence-corrected chi connectivity index (χ1v) is 12.0. The Kier molecular flexibility index (Phi) is 6.54. The highest BCUT2D eigenvalue weighted by Crippen LogP contribution is 2.35. The van der Waals surface area contributed by atoms with E-state index in [0.29, 0.717) is 26.2 Å². The molecule has 0 aliphatic carbocycles. The number of rotatable bonds is 6. The van der Waals surface area contributed by atoms with Gasteiger partial charge in [0.15, 0.2) is 0 Å². The normalized spacial score (nSPS) is 16.8. The number of amides is 2. The molecule has 0 spiro atoms. The summed E-state index contributed by atoms with van der Waals surface area (Å²) in [5, 5.41) is 11.0. The number of piperazine rings is 1. The zero-order valence-electron chi connectivity index (χ0n) is 19.3. The lowest BCUT2D eigenvalue weighted by Crippen LogP contribution is -2.48. The van der Waals surface area contributed by atoms with Crippen molar-refractivity contribution in [3.63, 3.8) is 0 Å². The van der Waals surface area contributed by atoms with Gasteiger partial charge in [-0.3, -0.25) is 24.6 Å². The average Bonchev–Trinajstić information content (AvgIpc) is 3.13. The fourth-order valence-corrected chi connectivity index (χ4v) is 5.12. The Morgan fingerprint density at radius 3 is 1.92 bits per heavy atom. The van der Waals surface area contributed by atoms with Gasteiger partial charge in [0.2, 0.25) is 0 Å². The molecule has 3 aromatic carbocycles. The summed E-state index contributed by atoms with van der Waals surface area (Å²) in [6.45, 7) is 2.31. The molecule has 8 nitrogen and oxygen atoms in total. The van der Waals surface area contributed by atoms with Gasteiger partial charge in [-0.2, -0.15) is 0 Å². The summed E-state index contributed by atoms with van der Waals surface area (Å²) in [6, 6.07) is 26.0. The number of hydrogen-bond donors (Lipinski definition) is 0. The van der Waals surface area contributed by atoms with Crippen LogP contribution in [-0.4, -0.2) is 52.7 Å². The lowest BCUT2D eigenvalue weighted by Gasteiger charge is -2.40. The van der Waals surface area contributed by atoms with E-state index in [1.165, 1.54) is 35.4 Å². The monoisotopic (exact) mass is 502 g/mol. The molecule has 1 fully saturated rings. The fraction of sp³-hybridized carbons (Fsp3) is 0.185. The van der Waals surface area contributed by atoms with Gasteiger partial charge in [-0.05, 0) is 17.2 Å². The standard InChI is InChI=1S/C27H23ClN4O4/c28-23-25(27(34)31(26(23)33)21-12-7-13-22(18-21)32(35)36)30-16-14-29(15-17-30)24(19-8-3-1-4-9-19)20-10-5-2-6-11-20/h1-13,18,24H,14-17H2. The molecule has 2 amide bonds. The van der Waals surface area contributed by atoms with Gasteiger partial charge in [0.05, 0.1) is 16.7 Å². The minimum Gasteiger partial charge on any atom is -0.363 e. The molecule has 0 radical (unpaired) electrons. The van der Waals surface area contributed by atoms with Crippen LogP contribution < -0.4 is 4.90 Å². The quantitative estimate of drug-likeness (QED) is 0.283. The van der Waals surface area contributed by atoms with Crippen LogP contribution in [0.25, 0.3) is 0 Å². The number of benzene rings is 3. The highest BCUT2D eigenvalue weighted by Gasteiger charge is 2.42. The second kappa shape index (κ2) is 9.93. The van der Waals surface area contributed by atoms with Crippen molar-refractivity contribution in [3.8, 4) is 0 Å². The van der Waals surface area contributed by atoms with E-state index in [0.717, 1.165) is 4.90 Å². The van der Waals surface area contributed by atoms with Crippen LogP contribution in [0, 0.1) is 10.1 Å². The molecule has 9 heteroatoms. The summed E-state index contributed by atoms with van der Waals surface area (Å²) in [6.07, 6.45) is 0. The molecule has 182 valence electrons. The third-order valence-corrected chi connectivity index (χ3v) is 6.87. The van der Waals surface area contributed by atoms with Crippen LogP contribution in [-0.2, 0) is 9.59 Å². The Morgan fingerprint density at radius 1 is 0.778 bits per heavy atom. The molecule has 3 aromatic rings. The van der Waals surface area contributed by atoms with E-state index in [1.807, 2.05) is 41.3 Å². The average molecular weight is 503 g/mol. The number of nitro groups is 1. The van der Waals surface area contributed by atoms with E-state index in [4.69, 9.17) is 11.6 Å². The molecule has 0 unspecified atom stereocenters. The van der Waals surface area contributed by atoms with Gasteiger partial charge in [0.25, 0.3) is 17.5 Å². The van der Waals surface area contributed by atoms with Crippen molar-refractivity contribution in [2.75, 3.05) is 31.1 Å². The van der Waals surface area contributed by atoms with E-state index in [9.17, 15) is 19.7 Å². The van der Waals surface area contributed by atoms with Crippen molar-refractivity contribution in [2.24, 2.45) is 0 Å². The van der Waals surface area contributed by atoms with Crippen LogP contribution in [0.4, 0.5) is 11.4 Å². The second-order valence-electron chi connectivity index (χ2n) is 8.63. The van der Waals surface area contributed by atoms with Gasteiger partial charge < -0.3 is 4.90 Å². The van der Waals surface area contributed by atoms with Crippen molar-refractivity contribution in [1.29, 1.82) is 0 Å². The number of halogens is 1. The molecular weight excluding hydrogens is 480 g/mol. The van der Waals surface area contributed by atoms with Crippen molar-refractivity contribution in [1.82, 2.24) is 9.80 Å². The van der Waals surface area contributed by atoms with Crippen LogP contribution in [0.5, 0.6) is 0 Å². The Morgan fingerprint density at radius 2 is 1.36 bits per heavy atom. The van der Waals surface area contributed by atoms with Crippen LogP contribution in [0.2, 0.25) is 0 Å². The van der Waals surface area contributed by atoms with Gasteiger partial charge in [-0.1, -0.05) is 78.3 Å². The summed E-state index contributed by atoms with van der Waals surface area (Å²) >= 11 is 6.37. The third kappa shape index (κ3) is 4.36. The predicted octanol–water partition coefficient (Wildman–Crippen LogP) is 4.33. The van der Waals surface area contributed by atoms with Crippen LogP contribution in [0.15, 0.2) is 95.7 Å². The van der Waals surface area contributed by atoms with Gasteiger partial charge in [0.1, 0.15) is 10.7 Å². The minimum atomic E-state index is -0.675. The molecule has 2 aliphatic rings. The Hall–Kier alpha value is -4.01. The van der Waals surface area contributed by atoms with Gasteiger partial charge in [0, 0.05) is 38.3 Å². The largest absolute Gasteiger partial charge is 0.363 e. The number of nitro benzene ring substituents is 1. The maximum atomic E-state index is 13.3. The highest BCUT2D eigenvalue weighted by molar-refractivity contribution is 6.52. The first-order chi connectivity index (χ1) is 17.5. The molecule has 0 N–H and O–H groups in total. The molecule has 0 atom stereocenters. The maximum Gasteiger partial charge on any atom is 0.283 e. The highest BCUT2D eigenvalue weighted by atomic mass is 35.5. The molecule has 1 saturated heterocycles. The van der Waals surface area contributed by atoms with E-state index >= 15 is 0 Å². The van der Waals surface area contributed by atoms with Gasteiger partial charge in [-0.25, -0.2) is 4.90 Å². The van der Waals surface area contributed by atoms with Crippen LogP contribution in [0.3, 0.4) is 0 Å². The van der Waals surface area contributed by atoms with E-state index in [2.05, 4.69) is 29.2 Å². The van der Waals surface area contributed by atoms with Crippen molar-refractivity contribution < 1.29 is 14.5 Å². The topological polar surface area (TPSA) is 87.0 Å². The van der Waals surface area contributed by atoms with Crippen molar-refractivity contribution in [2.45, 2.75) is 6.04 Å². The summed E-state index contributed by atoms with van der Waals surface area (Å²) in [5.41, 5.74) is 2.42. The third-order valence-electron chi connectivity index (χ3n) is 6.53. The molecule has 0 bridgehead atoms. The lowest BCUT2D eigenvalue weighted by molar-refractivity contribution is -0.384. The van der Waals surface area contributed by atoms with E-state index in [1.54, 1.807) is 0 Å². The number of anilines is 1. The predicted molar refractivity (Wildman–Crippen MR) is 136 cm³/mol. The number of carbonyl (C=O) groups is 2. The van der Waals surface area contributed by atoms with Crippen LogP contribution >= 0.6 is 11.6 Å². The Balaban J connectivity index is 1.36. The lowest BCUT2D eigenvalue weighted by atomic mass is 9.96. The Bertz CT molecular complexity index is 1300. The summed E-state index contributed by atoms with van der Waals surface area (Å²) in [7, 11) is 0.